The van der Waals surface area contributed by atoms with Crippen LogP contribution in [-0.2, 0) is 7.05 Å². The maximum absolute atomic E-state index is 11.6. The Bertz CT molecular complexity index is 546. The topological polar surface area (TPSA) is 64.3 Å². The minimum absolute atomic E-state index is 0.00990. The van der Waals surface area contributed by atoms with Gasteiger partial charge in [-0.3, -0.25) is 4.79 Å². The molecule has 0 amide bonds. The van der Waals surface area contributed by atoms with Crippen molar-refractivity contribution in [2.24, 2.45) is 7.05 Å². The maximum atomic E-state index is 11.6. The van der Waals surface area contributed by atoms with Crippen LogP contribution in [0.4, 0.5) is 0 Å². The summed E-state index contributed by atoms with van der Waals surface area (Å²) in [7, 11) is 1.62. The molecular weight excluding hydrogens is 208 g/mol. The standard InChI is InChI=1S/C11H10N2O3/c1-13-7-6-12-10(11(13)15)16-9-4-2-8(14)3-5-9/h2-7,14H,1H3. The number of aromatic hydroxyl groups is 1. The van der Waals surface area contributed by atoms with Gasteiger partial charge in [0.2, 0.25) is 0 Å². The summed E-state index contributed by atoms with van der Waals surface area (Å²) in [5, 5.41) is 9.08. The Morgan fingerprint density at radius 2 is 2.00 bits per heavy atom. The van der Waals surface area contributed by atoms with Gasteiger partial charge in [0.05, 0.1) is 0 Å². The summed E-state index contributed by atoms with van der Waals surface area (Å²) in [6.07, 6.45) is 3.03. The second-order valence-corrected chi connectivity index (χ2v) is 3.24. The van der Waals surface area contributed by atoms with Crippen LogP contribution in [-0.4, -0.2) is 14.7 Å². The number of phenolic OH excluding ortho intramolecular Hbond substituents is 1. The van der Waals surface area contributed by atoms with Gasteiger partial charge in [0.15, 0.2) is 0 Å². The summed E-state index contributed by atoms with van der Waals surface area (Å²) in [5.41, 5.74) is -0.310. The lowest BCUT2D eigenvalue weighted by Gasteiger charge is -2.04. The largest absolute Gasteiger partial charge is 0.508 e. The molecule has 0 spiro atoms. The van der Waals surface area contributed by atoms with Crippen molar-refractivity contribution in [3.05, 3.63) is 47.0 Å². The van der Waals surface area contributed by atoms with Crippen LogP contribution in [0.25, 0.3) is 0 Å². The van der Waals surface area contributed by atoms with Crippen LogP contribution in [0.2, 0.25) is 0 Å². The molecule has 0 saturated heterocycles. The molecule has 0 unspecified atom stereocenters. The molecule has 82 valence electrons. The Morgan fingerprint density at radius 1 is 1.31 bits per heavy atom. The lowest BCUT2D eigenvalue weighted by Crippen LogP contribution is -2.18. The first-order chi connectivity index (χ1) is 7.66. The van der Waals surface area contributed by atoms with Crippen LogP contribution < -0.4 is 10.3 Å². The highest BCUT2D eigenvalue weighted by atomic mass is 16.5. The van der Waals surface area contributed by atoms with E-state index in [0.717, 1.165) is 0 Å². The third-order valence-electron chi connectivity index (χ3n) is 2.04. The van der Waals surface area contributed by atoms with Crippen molar-refractivity contribution in [1.82, 2.24) is 9.55 Å². The number of ether oxygens (including phenoxy) is 1. The molecule has 0 bridgehead atoms. The quantitative estimate of drug-likeness (QED) is 0.824. The van der Waals surface area contributed by atoms with E-state index in [1.54, 1.807) is 25.4 Å². The number of benzene rings is 1. The summed E-state index contributed by atoms with van der Waals surface area (Å²) < 4.78 is 6.67. The van der Waals surface area contributed by atoms with Gasteiger partial charge in [0, 0.05) is 19.4 Å². The predicted octanol–water partition coefficient (Wildman–Crippen LogP) is 1.28. The zero-order valence-electron chi connectivity index (χ0n) is 8.62. The first-order valence-corrected chi connectivity index (χ1v) is 4.65. The summed E-state index contributed by atoms with van der Waals surface area (Å²) in [4.78, 5) is 15.4. The summed E-state index contributed by atoms with van der Waals surface area (Å²) in [6, 6.07) is 6.07. The maximum Gasteiger partial charge on any atom is 0.313 e. The first kappa shape index (κ1) is 10.2. The van der Waals surface area contributed by atoms with Crippen molar-refractivity contribution < 1.29 is 9.84 Å². The second-order valence-electron chi connectivity index (χ2n) is 3.24. The molecule has 1 aromatic heterocycles. The van der Waals surface area contributed by atoms with Crippen molar-refractivity contribution in [3.8, 4) is 17.4 Å². The van der Waals surface area contributed by atoms with E-state index < -0.39 is 0 Å². The summed E-state index contributed by atoms with van der Waals surface area (Å²) in [5.74, 6) is 0.602. The van der Waals surface area contributed by atoms with Gasteiger partial charge in [0.25, 0.3) is 5.88 Å². The van der Waals surface area contributed by atoms with Gasteiger partial charge >= 0.3 is 5.56 Å². The van der Waals surface area contributed by atoms with Gasteiger partial charge in [-0.2, -0.15) is 0 Å². The SMILES string of the molecule is Cn1ccnc(Oc2ccc(O)cc2)c1=O. The molecular formula is C11H10N2O3. The van der Waals surface area contributed by atoms with E-state index in [9.17, 15) is 4.79 Å². The Hall–Kier alpha value is -2.30. The summed E-state index contributed by atoms with van der Waals surface area (Å²) in [6.45, 7) is 0. The second kappa shape index (κ2) is 4.06. The minimum Gasteiger partial charge on any atom is -0.508 e. The van der Waals surface area contributed by atoms with Crippen LogP contribution in [0, 0.1) is 0 Å². The minimum atomic E-state index is -0.310. The van der Waals surface area contributed by atoms with Crippen LogP contribution in [0.3, 0.4) is 0 Å². The molecule has 0 saturated carbocycles. The molecule has 0 radical (unpaired) electrons. The molecule has 1 N–H and O–H groups in total. The van der Waals surface area contributed by atoms with Gasteiger partial charge in [-0.05, 0) is 24.3 Å². The monoisotopic (exact) mass is 218 g/mol. The molecule has 0 fully saturated rings. The average molecular weight is 218 g/mol. The molecule has 1 heterocycles. The molecule has 16 heavy (non-hydrogen) atoms. The van der Waals surface area contributed by atoms with Gasteiger partial charge in [0.1, 0.15) is 11.5 Å². The van der Waals surface area contributed by atoms with E-state index >= 15 is 0 Å². The van der Waals surface area contributed by atoms with E-state index in [4.69, 9.17) is 9.84 Å². The smallest absolute Gasteiger partial charge is 0.313 e. The van der Waals surface area contributed by atoms with E-state index in [1.165, 1.54) is 22.9 Å². The number of hydrogen-bond acceptors (Lipinski definition) is 4. The van der Waals surface area contributed by atoms with Gasteiger partial charge < -0.3 is 14.4 Å². The van der Waals surface area contributed by atoms with Crippen molar-refractivity contribution >= 4 is 0 Å². The summed E-state index contributed by atoms with van der Waals surface area (Å²) >= 11 is 0. The third kappa shape index (κ3) is 2.03. The first-order valence-electron chi connectivity index (χ1n) is 4.65. The molecule has 2 rings (SSSR count). The van der Waals surface area contributed by atoms with E-state index in [1.807, 2.05) is 0 Å². The molecule has 2 aromatic rings. The molecule has 5 heteroatoms. The van der Waals surface area contributed by atoms with Crippen molar-refractivity contribution in [1.29, 1.82) is 0 Å². The van der Waals surface area contributed by atoms with Gasteiger partial charge in [-0.25, -0.2) is 4.98 Å². The molecule has 0 aliphatic carbocycles. The third-order valence-corrected chi connectivity index (χ3v) is 2.04. The van der Waals surface area contributed by atoms with Crippen LogP contribution in [0.15, 0.2) is 41.5 Å². The van der Waals surface area contributed by atoms with Crippen molar-refractivity contribution in [2.45, 2.75) is 0 Å². The lowest BCUT2D eigenvalue weighted by molar-refractivity contribution is 0.443. The Balaban J connectivity index is 2.31. The zero-order valence-corrected chi connectivity index (χ0v) is 8.62. The Morgan fingerprint density at radius 3 is 2.69 bits per heavy atom. The highest BCUT2D eigenvalue weighted by molar-refractivity contribution is 5.32. The molecule has 0 aliphatic heterocycles. The van der Waals surface area contributed by atoms with Gasteiger partial charge in [-0.1, -0.05) is 0 Å². The highest BCUT2D eigenvalue weighted by Gasteiger charge is 2.04. The fourth-order valence-electron chi connectivity index (χ4n) is 1.17. The average Bonchev–Trinajstić information content (AvgIpc) is 2.28. The van der Waals surface area contributed by atoms with E-state index in [2.05, 4.69) is 4.98 Å². The fourth-order valence-corrected chi connectivity index (χ4v) is 1.17. The number of phenols is 1. The van der Waals surface area contributed by atoms with E-state index in [0.29, 0.717) is 5.75 Å². The predicted molar refractivity (Wildman–Crippen MR) is 57.7 cm³/mol. The number of hydrogen-bond donors (Lipinski definition) is 1. The van der Waals surface area contributed by atoms with Crippen molar-refractivity contribution in [3.63, 3.8) is 0 Å². The molecule has 5 nitrogen and oxygen atoms in total. The number of aryl methyl sites for hydroxylation is 1. The Kier molecular flexibility index (Phi) is 2.59. The van der Waals surface area contributed by atoms with Crippen LogP contribution in [0.1, 0.15) is 0 Å². The highest BCUT2D eigenvalue weighted by Crippen LogP contribution is 2.19. The Labute approximate surface area is 91.6 Å². The lowest BCUT2D eigenvalue weighted by atomic mass is 10.3. The number of rotatable bonds is 2. The van der Waals surface area contributed by atoms with Crippen LogP contribution in [0.5, 0.6) is 17.4 Å². The molecule has 1 aromatic carbocycles. The normalized spacial score (nSPS) is 10.1. The number of aromatic nitrogens is 2. The number of nitrogens with zero attached hydrogens (tertiary/aromatic N) is 2. The molecule has 0 atom stereocenters. The van der Waals surface area contributed by atoms with Gasteiger partial charge in [-0.15, -0.1) is 0 Å². The van der Waals surface area contributed by atoms with E-state index in [-0.39, 0.29) is 17.2 Å². The molecule has 0 aliphatic rings. The fraction of sp³-hybridized carbons (Fsp3) is 0.0909. The zero-order chi connectivity index (χ0) is 11.5. The van der Waals surface area contributed by atoms with Crippen LogP contribution >= 0.6 is 0 Å². The van der Waals surface area contributed by atoms with Crippen molar-refractivity contribution in [2.75, 3.05) is 0 Å².